The zero-order valence-electron chi connectivity index (χ0n) is 16.0. The van der Waals surface area contributed by atoms with Crippen molar-refractivity contribution in [3.63, 3.8) is 0 Å². The molecule has 0 spiro atoms. The fourth-order valence-corrected chi connectivity index (χ4v) is 2.64. The molecule has 0 aliphatic rings. The van der Waals surface area contributed by atoms with Crippen molar-refractivity contribution in [3.05, 3.63) is 54.4 Å². The molecule has 28 heavy (non-hydrogen) atoms. The average Bonchev–Trinajstić information content (AvgIpc) is 3.19. The van der Waals surface area contributed by atoms with E-state index in [1.807, 2.05) is 55.5 Å². The van der Waals surface area contributed by atoms with Gasteiger partial charge in [-0.2, -0.15) is 4.98 Å². The number of carbonyl (C=O) groups excluding carboxylic acids is 1. The van der Waals surface area contributed by atoms with Gasteiger partial charge in [0.25, 0.3) is 0 Å². The van der Waals surface area contributed by atoms with E-state index in [9.17, 15) is 4.79 Å². The fourth-order valence-electron chi connectivity index (χ4n) is 2.64. The van der Waals surface area contributed by atoms with Gasteiger partial charge in [-0.1, -0.05) is 5.16 Å². The molecule has 146 valence electrons. The van der Waals surface area contributed by atoms with Crippen LogP contribution < -0.4 is 14.8 Å². The number of hydrogen-bond donors (Lipinski definition) is 1. The first-order valence-corrected chi connectivity index (χ1v) is 9.17. The van der Waals surface area contributed by atoms with Gasteiger partial charge in [-0.25, -0.2) is 0 Å². The van der Waals surface area contributed by atoms with Gasteiger partial charge >= 0.3 is 0 Å². The number of aromatic nitrogens is 2. The maximum Gasteiger partial charge on any atom is 0.226 e. The number of aryl methyl sites for hydroxylation is 1. The van der Waals surface area contributed by atoms with Crippen molar-refractivity contribution in [2.75, 3.05) is 19.0 Å². The van der Waals surface area contributed by atoms with Crippen LogP contribution in [0.1, 0.15) is 25.7 Å². The monoisotopic (exact) mass is 381 g/mol. The molecule has 1 aromatic heterocycles. The van der Waals surface area contributed by atoms with Crippen LogP contribution in [0.4, 0.5) is 5.69 Å². The number of nitrogens with one attached hydrogen (secondary N) is 1. The highest BCUT2D eigenvalue weighted by Crippen LogP contribution is 2.20. The van der Waals surface area contributed by atoms with Crippen LogP contribution in [0.5, 0.6) is 11.5 Å². The quantitative estimate of drug-likeness (QED) is 0.600. The van der Waals surface area contributed by atoms with Gasteiger partial charge in [-0.05, 0) is 61.9 Å². The minimum absolute atomic E-state index is 0.0564. The van der Waals surface area contributed by atoms with E-state index in [4.69, 9.17) is 14.0 Å². The van der Waals surface area contributed by atoms with Crippen LogP contribution in [0, 0.1) is 0 Å². The van der Waals surface area contributed by atoms with Gasteiger partial charge in [0, 0.05) is 24.1 Å². The van der Waals surface area contributed by atoms with Crippen LogP contribution in [0.15, 0.2) is 53.1 Å². The molecule has 1 amide bonds. The zero-order valence-corrected chi connectivity index (χ0v) is 16.0. The summed E-state index contributed by atoms with van der Waals surface area (Å²) in [6.07, 6.45) is 1.53. The third-order valence-corrected chi connectivity index (χ3v) is 4.06. The molecule has 0 saturated carbocycles. The van der Waals surface area contributed by atoms with Gasteiger partial charge in [0.2, 0.25) is 17.6 Å². The van der Waals surface area contributed by atoms with Crippen molar-refractivity contribution in [1.82, 2.24) is 10.1 Å². The van der Waals surface area contributed by atoms with E-state index in [0.717, 1.165) is 22.7 Å². The molecule has 0 aliphatic carbocycles. The lowest BCUT2D eigenvalue weighted by atomic mass is 10.2. The Morgan fingerprint density at radius 2 is 1.79 bits per heavy atom. The summed E-state index contributed by atoms with van der Waals surface area (Å²) in [4.78, 5) is 16.5. The highest BCUT2D eigenvalue weighted by molar-refractivity contribution is 5.90. The van der Waals surface area contributed by atoms with E-state index in [1.54, 1.807) is 7.11 Å². The summed E-state index contributed by atoms with van der Waals surface area (Å²) in [6.45, 7) is 2.54. The van der Waals surface area contributed by atoms with E-state index in [0.29, 0.717) is 37.6 Å². The molecule has 3 aromatic rings. The largest absolute Gasteiger partial charge is 0.497 e. The molecule has 0 fully saturated rings. The molecule has 3 rings (SSSR count). The number of methoxy groups -OCH3 is 1. The number of anilines is 1. The van der Waals surface area contributed by atoms with Crippen molar-refractivity contribution < 1.29 is 18.8 Å². The van der Waals surface area contributed by atoms with Crippen LogP contribution in [0.2, 0.25) is 0 Å². The molecule has 0 unspecified atom stereocenters. The highest BCUT2D eigenvalue weighted by Gasteiger charge is 2.10. The SMILES string of the molecule is CCOc1ccc(NC(=O)CCCc2nc(-c3ccc(OC)cc3)no2)cc1. The van der Waals surface area contributed by atoms with Gasteiger partial charge in [-0.15, -0.1) is 0 Å². The summed E-state index contributed by atoms with van der Waals surface area (Å²) in [5.41, 5.74) is 1.59. The van der Waals surface area contributed by atoms with Crippen molar-refractivity contribution >= 4 is 11.6 Å². The normalized spacial score (nSPS) is 10.5. The highest BCUT2D eigenvalue weighted by atomic mass is 16.5. The Balaban J connectivity index is 1.45. The summed E-state index contributed by atoms with van der Waals surface area (Å²) in [5.74, 6) is 2.53. The minimum Gasteiger partial charge on any atom is -0.497 e. The first kappa shape index (κ1) is 19.4. The van der Waals surface area contributed by atoms with Gasteiger partial charge < -0.3 is 19.3 Å². The lowest BCUT2D eigenvalue weighted by Crippen LogP contribution is -2.11. The summed E-state index contributed by atoms with van der Waals surface area (Å²) in [6, 6.07) is 14.7. The maximum atomic E-state index is 12.1. The topological polar surface area (TPSA) is 86.5 Å². The summed E-state index contributed by atoms with van der Waals surface area (Å²) >= 11 is 0. The maximum absolute atomic E-state index is 12.1. The average molecular weight is 381 g/mol. The molecule has 1 N–H and O–H groups in total. The number of rotatable bonds is 9. The predicted molar refractivity (Wildman–Crippen MR) is 105 cm³/mol. The first-order valence-electron chi connectivity index (χ1n) is 9.17. The number of amides is 1. The molecule has 0 radical (unpaired) electrons. The molecular formula is C21H23N3O4. The van der Waals surface area contributed by atoms with Gasteiger partial charge in [-0.3, -0.25) is 4.79 Å². The number of nitrogens with zero attached hydrogens (tertiary/aromatic N) is 2. The number of ether oxygens (including phenoxy) is 2. The molecule has 0 aliphatic heterocycles. The van der Waals surface area contributed by atoms with Crippen molar-refractivity contribution in [3.8, 4) is 22.9 Å². The van der Waals surface area contributed by atoms with Gasteiger partial charge in [0.1, 0.15) is 11.5 Å². The smallest absolute Gasteiger partial charge is 0.226 e. The predicted octanol–water partition coefficient (Wildman–Crippen LogP) is 4.11. The second-order valence-electron chi connectivity index (χ2n) is 6.10. The molecule has 7 nitrogen and oxygen atoms in total. The molecule has 2 aromatic carbocycles. The summed E-state index contributed by atoms with van der Waals surface area (Å²) in [7, 11) is 1.62. The number of benzene rings is 2. The fraction of sp³-hybridized carbons (Fsp3) is 0.286. The van der Waals surface area contributed by atoms with Crippen LogP contribution in [0.25, 0.3) is 11.4 Å². The summed E-state index contributed by atoms with van der Waals surface area (Å²) < 4.78 is 15.8. The standard InChI is InChI=1S/C21H23N3O4/c1-3-27-18-13-9-16(10-14-18)22-19(25)5-4-6-20-23-21(24-28-20)15-7-11-17(26-2)12-8-15/h7-14H,3-6H2,1-2H3,(H,22,25). The Hall–Kier alpha value is -3.35. The van der Waals surface area contributed by atoms with Crippen LogP contribution in [-0.2, 0) is 11.2 Å². The van der Waals surface area contributed by atoms with E-state index in [2.05, 4.69) is 15.5 Å². The Bertz CT molecular complexity index is 889. The van der Waals surface area contributed by atoms with Crippen LogP contribution in [0.3, 0.4) is 0 Å². The molecule has 1 heterocycles. The summed E-state index contributed by atoms with van der Waals surface area (Å²) in [5, 5.41) is 6.86. The number of hydrogen-bond acceptors (Lipinski definition) is 6. The lowest BCUT2D eigenvalue weighted by molar-refractivity contribution is -0.116. The number of carbonyl (C=O) groups is 1. The Kier molecular flexibility index (Phi) is 6.62. The molecule has 0 bridgehead atoms. The molecule has 0 saturated heterocycles. The van der Waals surface area contributed by atoms with Crippen LogP contribution in [-0.4, -0.2) is 29.8 Å². The minimum atomic E-state index is -0.0564. The van der Waals surface area contributed by atoms with E-state index in [-0.39, 0.29) is 5.91 Å². The Morgan fingerprint density at radius 3 is 2.46 bits per heavy atom. The van der Waals surface area contributed by atoms with Gasteiger partial charge in [0.05, 0.1) is 13.7 Å². The van der Waals surface area contributed by atoms with Crippen LogP contribution >= 0.6 is 0 Å². The third kappa shape index (κ3) is 5.33. The van der Waals surface area contributed by atoms with Crippen molar-refractivity contribution in [2.24, 2.45) is 0 Å². The molecular weight excluding hydrogens is 358 g/mol. The Labute approximate surface area is 163 Å². The molecule has 7 heteroatoms. The molecule has 0 atom stereocenters. The third-order valence-electron chi connectivity index (χ3n) is 4.06. The van der Waals surface area contributed by atoms with E-state index < -0.39 is 0 Å². The second-order valence-corrected chi connectivity index (χ2v) is 6.10. The second kappa shape index (κ2) is 9.55. The van der Waals surface area contributed by atoms with Crippen molar-refractivity contribution in [1.29, 1.82) is 0 Å². The Morgan fingerprint density at radius 1 is 1.07 bits per heavy atom. The van der Waals surface area contributed by atoms with E-state index in [1.165, 1.54) is 0 Å². The lowest BCUT2D eigenvalue weighted by Gasteiger charge is -2.06. The van der Waals surface area contributed by atoms with Crippen molar-refractivity contribution in [2.45, 2.75) is 26.2 Å². The zero-order chi connectivity index (χ0) is 19.8. The first-order chi connectivity index (χ1) is 13.7. The van der Waals surface area contributed by atoms with E-state index >= 15 is 0 Å². The van der Waals surface area contributed by atoms with Gasteiger partial charge in [0.15, 0.2) is 0 Å².